The van der Waals surface area contributed by atoms with Gasteiger partial charge in [-0.05, 0) is 49.8 Å². The van der Waals surface area contributed by atoms with Gasteiger partial charge in [-0.3, -0.25) is 4.90 Å². The van der Waals surface area contributed by atoms with Crippen LogP contribution in [0.3, 0.4) is 0 Å². The van der Waals surface area contributed by atoms with E-state index in [9.17, 15) is 0 Å². The Bertz CT molecular complexity index is 682. The number of nitrogens with zero attached hydrogens (tertiary/aromatic N) is 2. The van der Waals surface area contributed by atoms with E-state index >= 15 is 0 Å². The lowest BCUT2D eigenvalue weighted by Crippen LogP contribution is -2.38. The largest absolute Gasteiger partial charge is 0.379 e. The first-order chi connectivity index (χ1) is 11.7. The van der Waals surface area contributed by atoms with Crippen LogP contribution in [0.15, 0.2) is 18.2 Å². The quantitative estimate of drug-likeness (QED) is 0.607. The van der Waals surface area contributed by atoms with Crippen LogP contribution in [0.25, 0.3) is 10.2 Å². The molecule has 1 fully saturated rings. The Balaban J connectivity index is 1.42. The van der Waals surface area contributed by atoms with Gasteiger partial charge in [0.25, 0.3) is 0 Å². The number of rotatable bonds is 6. The van der Waals surface area contributed by atoms with Crippen LogP contribution in [0.5, 0.6) is 0 Å². The molecule has 2 heterocycles. The highest BCUT2D eigenvalue weighted by molar-refractivity contribution is 7.80. The van der Waals surface area contributed by atoms with Crippen molar-refractivity contribution in [3.05, 3.63) is 23.2 Å². The highest BCUT2D eigenvalue weighted by atomic mass is 32.1. The van der Waals surface area contributed by atoms with Gasteiger partial charge < -0.3 is 15.4 Å². The number of thiocarbonyl (C=S) groups is 1. The lowest BCUT2D eigenvalue weighted by molar-refractivity contribution is 0.0376. The van der Waals surface area contributed by atoms with Gasteiger partial charge in [0.2, 0.25) is 0 Å². The van der Waals surface area contributed by atoms with Crippen LogP contribution in [0.1, 0.15) is 18.4 Å². The third-order valence-electron chi connectivity index (χ3n) is 4.03. The summed E-state index contributed by atoms with van der Waals surface area (Å²) in [6.45, 7) is 7.89. The van der Waals surface area contributed by atoms with Gasteiger partial charge in [0.1, 0.15) is 0 Å². The maximum absolute atomic E-state index is 5.39. The summed E-state index contributed by atoms with van der Waals surface area (Å²) >= 11 is 7.13. The second-order valence-corrected chi connectivity index (χ2v) is 7.36. The van der Waals surface area contributed by atoms with E-state index in [0.717, 1.165) is 63.4 Å². The van der Waals surface area contributed by atoms with Crippen LogP contribution in [0.4, 0.5) is 5.69 Å². The fraction of sp³-hybridized carbons (Fsp3) is 0.529. The van der Waals surface area contributed by atoms with Gasteiger partial charge >= 0.3 is 0 Å². The summed E-state index contributed by atoms with van der Waals surface area (Å²) in [4.78, 5) is 7.02. The zero-order chi connectivity index (χ0) is 16.8. The zero-order valence-electron chi connectivity index (χ0n) is 14.0. The van der Waals surface area contributed by atoms with Crippen LogP contribution in [0, 0.1) is 0 Å². The second kappa shape index (κ2) is 8.71. The molecule has 0 radical (unpaired) electrons. The number of benzene rings is 1. The molecule has 2 N–H and O–H groups in total. The van der Waals surface area contributed by atoms with Crippen LogP contribution >= 0.6 is 23.6 Å². The summed E-state index contributed by atoms with van der Waals surface area (Å²) in [6, 6.07) is 6.20. The van der Waals surface area contributed by atoms with E-state index in [2.05, 4.69) is 33.5 Å². The highest BCUT2D eigenvalue weighted by Crippen LogP contribution is 2.25. The number of nitrogens with one attached hydrogen (secondary N) is 2. The molecule has 130 valence electrons. The number of aryl methyl sites for hydroxylation is 1. The lowest BCUT2D eigenvalue weighted by atomic mass is 10.3. The Morgan fingerprint density at radius 2 is 2.21 bits per heavy atom. The molecule has 1 aromatic carbocycles. The van der Waals surface area contributed by atoms with Gasteiger partial charge in [0.05, 0.1) is 28.4 Å². The predicted molar refractivity (Wildman–Crippen MR) is 105 cm³/mol. The van der Waals surface area contributed by atoms with Crippen molar-refractivity contribution in [3.63, 3.8) is 0 Å². The summed E-state index contributed by atoms with van der Waals surface area (Å²) in [7, 11) is 0. The van der Waals surface area contributed by atoms with E-state index in [1.807, 2.05) is 12.1 Å². The molecule has 5 nitrogen and oxygen atoms in total. The second-order valence-electron chi connectivity index (χ2n) is 5.83. The fourth-order valence-corrected chi connectivity index (χ4v) is 3.87. The van der Waals surface area contributed by atoms with E-state index in [0.29, 0.717) is 5.11 Å². The molecular weight excluding hydrogens is 340 g/mol. The fourth-order valence-electron chi connectivity index (χ4n) is 2.71. The molecule has 1 aromatic heterocycles. The van der Waals surface area contributed by atoms with Crippen LogP contribution in [0.2, 0.25) is 0 Å². The molecule has 24 heavy (non-hydrogen) atoms. The molecule has 0 unspecified atom stereocenters. The molecule has 1 aliphatic heterocycles. The highest BCUT2D eigenvalue weighted by Gasteiger charge is 2.09. The number of aromatic nitrogens is 1. The molecule has 2 aromatic rings. The zero-order valence-corrected chi connectivity index (χ0v) is 15.6. The van der Waals surface area contributed by atoms with Crippen molar-refractivity contribution in [2.45, 2.75) is 19.8 Å². The number of thiazole rings is 1. The van der Waals surface area contributed by atoms with Crippen molar-refractivity contribution in [1.82, 2.24) is 15.2 Å². The molecule has 0 bridgehead atoms. The summed E-state index contributed by atoms with van der Waals surface area (Å²) in [5, 5.41) is 8.40. The Kier molecular flexibility index (Phi) is 6.37. The lowest BCUT2D eigenvalue weighted by Gasteiger charge is -2.26. The monoisotopic (exact) mass is 364 g/mol. The van der Waals surface area contributed by atoms with E-state index in [4.69, 9.17) is 17.0 Å². The summed E-state index contributed by atoms with van der Waals surface area (Å²) in [5.41, 5.74) is 2.08. The molecule has 3 rings (SSSR count). The van der Waals surface area contributed by atoms with Crippen molar-refractivity contribution in [1.29, 1.82) is 0 Å². The van der Waals surface area contributed by atoms with E-state index in [1.165, 1.54) is 9.71 Å². The van der Waals surface area contributed by atoms with Crippen molar-refractivity contribution in [3.8, 4) is 0 Å². The van der Waals surface area contributed by atoms with Crippen molar-refractivity contribution in [2.24, 2.45) is 0 Å². The minimum absolute atomic E-state index is 0.677. The Hall–Kier alpha value is -1.28. The first-order valence-corrected chi connectivity index (χ1v) is 9.71. The standard InChI is InChI=1S/C17H24N4OS2/c1-2-16-20-14-5-4-13(12-15(14)24-16)19-17(23)18-6-3-7-21-8-10-22-11-9-21/h4-5,12H,2-3,6-11H2,1H3,(H2,18,19,23). The number of anilines is 1. The van der Waals surface area contributed by atoms with E-state index in [-0.39, 0.29) is 0 Å². The van der Waals surface area contributed by atoms with Gasteiger partial charge in [-0.15, -0.1) is 11.3 Å². The number of morpholine rings is 1. The number of fused-ring (bicyclic) bond motifs is 1. The van der Waals surface area contributed by atoms with Crippen molar-refractivity contribution in [2.75, 3.05) is 44.7 Å². The van der Waals surface area contributed by atoms with Gasteiger partial charge in [0, 0.05) is 25.3 Å². The van der Waals surface area contributed by atoms with E-state index < -0.39 is 0 Å². The maximum atomic E-state index is 5.39. The van der Waals surface area contributed by atoms with Crippen LogP contribution < -0.4 is 10.6 Å². The number of hydrogen-bond donors (Lipinski definition) is 2. The SMILES string of the molecule is CCc1nc2ccc(NC(=S)NCCCN3CCOCC3)cc2s1. The molecule has 0 amide bonds. The average Bonchev–Trinajstić information content (AvgIpc) is 3.02. The van der Waals surface area contributed by atoms with Crippen molar-refractivity contribution < 1.29 is 4.74 Å². The third kappa shape index (κ3) is 4.86. The number of hydrogen-bond acceptors (Lipinski definition) is 5. The summed E-state index contributed by atoms with van der Waals surface area (Å²) in [5.74, 6) is 0. The Morgan fingerprint density at radius 3 is 3.00 bits per heavy atom. The average molecular weight is 365 g/mol. The smallest absolute Gasteiger partial charge is 0.170 e. The summed E-state index contributed by atoms with van der Waals surface area (Å²) in [6.07, 6.45) is 2.06. The number of ether oxygens (including phenoxy) is 1. The molecular formula is C17H24N4OS2. The first-order valence-electron chi connectivity index (χ1n) is 8.49. The van der Waals surface area contributed by atoms with Crippen LogP contribution in [-0.4, -0.2) is 54.4 Å². The van der Waals surface area contributed by atoms with Gasteiger partial charge in [-0.1, -0.05) is 6.92 Å². The Labute approximate surface area is 152 Å². The van der Waals surface area contributed by atoms with Gasteiger partial charge in [-0.2, -0.15) is 0 Å². The van der Waals surface area contributed by atoms with Crippen molar-refractivity contribution >= 4 is 44.6 Å². The topological polar surface area (TPSA) is 49.4 Å². The minimum atomic E-state index is 0.677. The first kappa shape index (κ1) is 17.5. The molecule has 1 aliphatic rings. The molecule has 7 heteroatoms. The maximum Gasteiger partial charge on any atom is 0.170 e. The molecule has 0 saturated carbocycles. The Morgan fingerprint density at radius 1 is 1.38 bits per heavy atom. The molecule has 0 aliphatic carbocycles. The molecule has 1 saturated heterocycles. The predicted octanol–water partition coefficient (Wildman–Crippen LogP) is 2.87. The van der Waals surface area contributed by atoms with Gasteiger partial charge in [0.15, 0.2) is 5.11 Å². The summed E-state index contributed by atoms with van der Waals surface area (Å²) < 4.78 is 6.56. The minimum Gasteiger partial charge on any atom is -0.379 e. The van der Waals surface area contributed by atoms with E-state index in [1.54, 1.807) is 11.3 Å². The van der Waals surface area contributed by atoms with Gasteiger partial charge in [-0.25, -0.2) is 4.98 Å². The molecule has 0 spiro atoms. The van der Waals surface area contributed by atoms with Crippen LogP contribution in [-0.2, 0) is 11.2 Å². The third-order valence-corrected chi connectivity index (χ3v) is 5.44. The molecule has 0 atom stereocenters. The normalized spacial score (nSPS) is 15.5.